The molecule has 2 aliphatic heterocycles. The maximum absolute atomic E-state index is 14.0. The van der Waals surface area contributed by atoms with Crippen molar-refractivity contribution in [2.24, 2.45) is 0 Å². The van der Waals surface area contributed by atoms with E-state index < -0.39 is 5.60 Å². The number of carbonyl (C=O) groups is 1. The van der Waals surface area contributed by atoms with Crippen LogP contribution < -0.4 is 4.74 Å². The van der Waals surface area contributed by atoms with Crippen LogP contribution in [-0.4, -0.2) is 59.6 Å². The summed E-state index contributed by atoms with van der Waals surface area (Å²) in [4.78, 5) is 22.6. The number of pyridine rings is 1. The number of rotatable bonds is 6. The molecule has 2 fully saturated rings. The van der Waals surface area contributed by atoms with Crippen LogP contribution in [0.25, 0.3) is 0 Å². The molecular formula is C27H29N3O3. The Morgan fingerprint density at radius 3 is 2.70 bits per heavy atom. The first kappa shape index (κ1) is 21.6. The number of aromatic nitrogens is 1. The molecule has 0 radical (unpaired) electrons. The Hall–Kier alpha value is -3.22. The second kappa shape index (κ2) is 9.33. The Kier molecular flexibility index (Phi) is 6.11. The minimum Gasteiger partial charge on any atom is -0.497 e. The van der Waals surface area contributed by atoms with Gasteiger partial charge in [0, 0.05) is 51.0 Å². The zero-order valence-electron chi connectivity index (χ0n) is 18.9. The molecule has 2 aromatic carbocycles. The third kappa shape index (κ3) is 4.36. The fourth-order valence-corrected chi connectivity index (χ4v) is 5.11. The molecule has 3 heterocycles. The highest BCUT2D eigenvalue weighted by atomic mass is 16.5. The van der Waals surface area contributed by atoms with E-state index in [4.69, 9.17) is 9.47 Å². The molecule has 33 heavy (non-hydrogen) atoms. The van der Waals surface area contributed by atoms with Gasteiger partial charge in [-0.3, -0.25) is 14.7 Å². The molecule has 6 nitrogen and oxygen atoms in total. The van der Waals surface area contributed by atoms with Crippen LogP contribution in [-0.2, 0) is 22.6 Å². The fourth-order valence-electron chi connectivity index (χ4n) is 5.11. The quantitative estimate of drug-likeness (QED) is 0.584. The van der Waals surface area contributed by atoms with Crippen molar-refractivity contribution in [1.29, 1.82) is 0 Å². The van der Waals surface area contributed by atoms with Gasteiger partial charge < -0.3 is 14.4 Å². The number of carbonyl (C=O) groups excluding carboxylic acids is 1. The number of hydrogen-bond donors (Lipinski definition) is 0. The Labute approximate surface area is 194 Å². The Morgan fingerprint density at radius 2 is 1.91 bits per heavy atom. The number of benzene rings is 2. The topological polar surface area (TPSA) is 54.9 Å². The zero-order valence-corrected chi connectivity index (χ0v) is 18.9. The van der Waals surface area contributed by atoms with Gasteiger partial charge in [0.05, 0.1) is 13.7 Å². The van der Waals surface area contributed by atoms with Crippen LogP contribution in [0.5, 0.6) is 5.75 Å². The number of ether oxygens (including phenoxy) is 2. The van der Waals surface area contributed by atoms with Gasteiger partial charge in [-0.05, 0) is 34.9 Å². The summed E-state index contributed by atoms with van der Waals surface area (Å²) in [7, 11) is 1.68. The lowest BCUT2D eigenvalue weighted by atomic mass is 9.83. The van der Waals surface area contributed by atoms with Gasteiger partial charge in [0.2, 0.25) is 0 Å². The van der Waals surface area contributed by atoms with Crippen molar-refractivity contribution in [2.75, 3.05) is 33.4 Å². The molecule has 1 aromatic heterocycles. The molecule has 170 valence electrons. The van der Waals surface area contributed by atoms with Crippen LogP contribution in [0.15, 0.2) is 79.1 Å². The third-order valence-corrected chi connectivity index (χ3v) is 6.68. The van der Waals surface area contributed by atoms with Crippen molar-refractivity contribution in [3.63, 3.8) is 0 Å². The molecule has 2 aliphatic rings. The molecule has 6 heteroatoms. The number of hydrogen-bond acceptors (Lipinski definition) is 5. The lowest BCUT2D eigenvalue weighted by molar-refractivity contribution is -0.173. The first-order valence-electron chi connectivity index (χ1n) is 11.4. The largest absolute Gasteiger partial charge is 0.497 e. The summed E-state index contributed by atoms with van der Waals surface area (Å²) in [5.41, 5.74) is 2.42. The summed E-state index contributed by atoms with van der Waals surface area (Å²) in [6.07, 6.45) is 3.64. The van der Waals surface area contributed by atoms with Gasteiger partial charge in [-0.2, -0.15) is 0 Å². The summed E-state index contributed by atoms with van der Waals surface area (Å²) in [5, 5.41) is 0. The van der Waals surface area contributed by atoms with Gasteiger partial charge in [0.25, 0.3) is 5.91 Å². The first-order chi connectivity index (χ1) is 16.2. The second-order valence-corrected chi connectivity index (χ2v) is 8.81. The van der Waals surface area contributed by atoms with Gasteiger partial charge in [-0.1, -0.05) is 48.5 Å². The predicted octanol–water partition coefficient (Wildman–Crippen LogP) is 3.49. The molecule has 0 aliphatic carbocycles. The van der Waals surface area contributed by atoms with Crippen LogP contribution in [0.3, 0.4) is 0 Å². The molecule has 0 saturated carbocycles. The van der Waals surface area contributed by atoms with Crippen molar-refractivity contribution < 1.29 is 14.3 Å². The van der Waals surface area contributed by atoms with E-state index in [2.05, 4.69) is 40.2 Å². The molecule has 1 amide bonds. The van der Waals surface area contributed by atoms with E-state index in [0.29, 0.717) is 26.2 Å². The van der Waals surface area contributed by atoms with E-state index in [9.17, 15) is 4.79 Å². The minimum absolute atomic E-state index is 0.0691. The van der Waals surface area contributed by atoms with E-state index >= 15 is 0 Å². The molecule has 0 bridgehead atoms. The van der Waals surface area contributed by atoms with Crippen molar-refractivity contribution in [2.45, 2.75) is 24.6 Å². The van der Waals surface area contributed by atoms with Crippen LogP contribution in [0.4, 0.5) is 0 Å². The van der Waals surface area contributed by atoms with Crippen molar-refractivity contribution in [3.05, 3.63) is 95.8 Å². The maximum atomic E-state index is 14.0. The standard InChI is InChI=1S/C27H29N3O3/c1-32-24-11-5-9-22(15-24)17-29-19-25(23-10-6-12-28-16-23)27(20-29)26(31)30(13-14-33-27)18-21-7-3-2-4-8-21/h2-12,15-16,25H,13-14,17-20H2,1H3/t25-,27+/m1/s1. The summed E-state index contributed by atoms with van der Waals surface area (Å²) in [6.45, 7) is 3.74. The average molecular weight is 444 g/mol. The Balaban J connectivity index is 1.44. The van der Waals surface area contributed by atoms with Crippen LogP contribution in [0.1, 0.15) is 22.6 Å². The van der Waals surface area contributed by atoms with E-state index in [1.165, 1.54) is 0 Å². The van der Waals surface area contributed by atoms with Crippen molar-refractivity contribution in [1.82, 2.24) is 14.8 Å². The van der Waals surface area contributed by atoms with E-state index in [-0.39, 0.29) is 11.8 Å². The lowest BCUT2D eigenvalue weighted by Gasteiger charge is -2.42. The minimum atomic E-state index is -0.908. The SMILES string of the molecule is COc1cccc(CN2C[C@H](c3cccnc3)[C@]3(C2)OCCN(Cc2ccccc2)C3=O)c1. The molecular weight excluding hydrogens is 414 g/mol. The van der Waals surface area contributed by atoms with Gasteiger partial charge >= 0.3 is 0 Å². The first-order valence-corrected chi connectivity index (χ1v) is 11.4. The van der Waals surface area contributed by atoms with E-state index in [1.807, 2.05) is 47.5 Å². The second-order valence-electron chi connectivity index (χ2n) is 8.81. The van der Waals surface area contributed by atoms with Gasteiger partial charge in [-0.25, -0.2) is 0 Å². The van der Waals surface area contributed by atoms with Gasteiger partial charge in [-0.15, -0.1) is 0 Å². The number of morpholine rings is 1. The summed E-state index contributed by atoms with van der Waals surface area (Å²) in [5.74, 6) is 0.826. The Morgan fingerprint density at radius 1 is 1.06 bits per heavy atom. The van der Waals surface area contributed by atoms with Crippen LogP contribution in [0, 0.1) is 0 Å². The maximum Gasteiger partial charge on any atom is 0.257 e. The smallest absolute Gasteiger partial charge is 0.257 e. The number of nitrogens with zero attached hydrogens (tertiary/aromatic N) is 3. The molecule has 2 atom stereocenters. The molecule has 0 unspecified atom stereocenters. The van der Waals surface area contributed by atoms with E-state index in [1.54, 1.807) is 13.3 Å². The number of methoxy groups -OCH3 is 1. The van der Waals surface area contributed by atoms with Gasteiger partial charge in [0.1, 0.15) is 5.75 Å². The molecule has 0 N–H and O–H groups in total. The molecule has 1 spiro atoms. The van der Waals surface area contributed by atoms with Gasteiger partial charge in [0.15, 0.2) is 5.60 Å². The highest BCUT2D eigenvalue weighted by Crippen LogP contribution is 2.42. The predicted molar refractivity (Wildman–Crippen MR) is 126 cm³/mol. The number of amides is 1. The highest BCUT2D eigenvalue weighted by Gasteiger charge is 2.56. The Bertz CT molecular complexity index is 1090. The lowest BCUT2D eigenvalue weighted by Crippen LogP contribution is -2.59. The average Bonchev–Trinajstić information content (AvgIpc) is 3.22. The summed E-state index contributed by atoms with van der Waals surface area (Å²) in [6, 6.07) is 22.2. The molecule has 2 saturated heterocycles. The van der Waals surface area contributed by atoms with E-state index in [0.717, 1.165) is 35.5 Å². The zero-order chi connectivity index (χ0) is 22.7. The van der Waals surface area contributed by atoms with Crippen LogP contribution in [0.2, 0.25) is 0 Å². The van der Waals surface area contributed by atoms with Crippen molar-refractivity contribution in [3.8, 4) is 5.75 Å². The van der Waals surface area contributed by atoms with Crippen LogP contribution >= 0.6 is 0 Å². The van der Waals surface area contributed by atoms with Crippen molar-refractivity contribution >= 4 is 5.91 Å². The molecule has 3 aromatic rings. The number of likely N-dealkylation sites (tertiary alicyclic amines) is 1. The fraction of sp³-hybridized carbons (Fsp3) is 0.333. The molecule has 5 rings (SSSR count). The normalized spacial score (nSPS) is 23.2. The monoisotopic (exact) mass is 443 g/mol. The third-order valence-electron chi connectivity index (χ3n) is 6.68. The highest BCUT2D eigenvalue weighted by molar-refractivity contribution is 5.88. The summed E-state index contributed by atoms with van der Waals surface area (Å²) < 4.78 is 11.8. The summed E-state index contributed by atoms with van der Waals surface area (Å²) >= 11 is 0.